The first-order valence-electron chi connectivity index (χ1n) is 9.33. The van der Waals surface area contributed by atoms with Crippen LogP contribution in [0.4, 0.5) is 5.69 Å². The molecule has 0 unspecified atom stereocenters. The summed E-state index contributed by atoms with van der Waals surface area (Å²) in [6, 6.07) is 9.14. The molecule has 2 bridgehead atoms. The molecule has 5 heteroatoms. The summed E-state index contributed by atoms with van der Waals surface area (Å²) in [6.07, 6.45) is 1.71. The summed E-state index contributed by atoms with van der Waals surface area (Å²) >= 11 is 0. The number of rotatable bonds is 3. The Morgan fingerprint density at radius 1 is 1.31 bits per heavy atom. The largest absolute Gasteiger partial charge is 0.389 e. The van der Waals surface area contributed by atoms with Gasteiger partial charge in [-0.3, -0.25) is 9.59 Å². The molecule has 0 radical (unpaired) electrons. The standard InChI is InChI=1S/C21H26N2O3/c1-13(14(2)24)18(25)23-17-12-15-10-11-21(17,20(15,3)4)19(26)22(23)16-8-6-5-7-9-16/h5-9,14-15,17,24H,1,10-12H2,2-4H3/t14-,15+,17+,21-/m0/s1. The Morgan fingerprint density at radius 2 is 1.96 bits per heavy atom. The van der Waals surface area contributed by atoms with Gasteiger partial charge in [0.2, 0.25) is 0 Å². The number of aliphatic hydroxyl groups excluding tert-OH is 1. The van der Waals surface area contributed by atoms with Gasteiger partial charge in [0.25, 0.3) is 11.8 Å². The molecule has 138 valence electrons. The Labute approximate surface area is 154 Å². The zero-order valence-electron chi connectivity index (χ0n) is 15.6. The average molecular weight is 354 g/mol. The Kier molecular flexibility index (Phi) is 3.61. The number of benzene rings is 1. The van der Waals surface area contributed by atoms with Crippen LogP contribution in [0.3, 0.4) is 0 Å². The highest BCUT2D eigenvalue weighted by atomic mass is 16.3. The molecule has 26 heavy (non-hydrogen) atoms. The van der Waals surface area contributed by atoms with E-state index < -0.39 is 11.5 Å². The monoisotopic (exact) mass is 354 g/mol. The second-order valence-corrected chi connectivity index (χ2v) is 8.48. The number of hydrazine groups is 1. The van der Waals surface area contributed by atoms with Crippen LogP contribution in [0.2, 0.25) is 0 Å². The van der Waals surface area contributed by atoms with Gasteiger partial charge in [0.05, 0.1) is 23.2 Å². The van der Waals surface area contributed by atoms with E-state index in [0.717, 1.165) is 19.3 Å². The molecule has 1 heterocycles. The average Bonchev–Trinajstić information content (AvgIpc) is 3.13. The van der Waals surface area contributed by atoms with Crippen LogP contribution in [-0.4, -0.2) is 34.1 Å². The summed E-state index contributed by atoms with van der Waals surface area (Å²) in [5.41, 5.74) is 0.106. The van der Waals surface area contributed by atoms with E-state index in [1.165, 1.54) is 6.92 Å². The van der Waals surface area contributed by atoms with Crippen molar-refractivity contribution in [2.24, 2.45) is 16.7 Å². The fraction of sp³-hybridized carbons (Fsp3) is 0.524. The third kappa shape index (κ3) is 1.89. The highest BCUT2D eigenvalue weighted by molar-refractivity contribution is 6.08. The maximum Gasteiger partial charge on any atom is 0.271 e. The van der Waals surface area contributed by atoms with Gasteiger partial charge in [-0.1, -0.05) is 38.6 Å². The normalized spacial score (nSPS) is 32.7. The smallest absolute Gasteiger partial charge is 0.271 e. The molecule has 2 amide bonds. The van der Waals surface area contributed by atoms with E-state index in [-0.39, 0.29) is 28.8 Å². The van der Waals surface area contributed by atoms with E-state index >= 15 is 0 Å². The number of hydrogen-bond acceptors (Lipinski definition) is 3. The minimum Gasteiger partial charge on any atom is -0.389 e. The second kappa shape index (κ2) is 5.43. The van der Waals surface area contributed by atoms with Crippen LogP contribution in [-0.2, 0) is 9.59 Å². The Bertz CT molecular complexity index is 786. The first-order chi connectivity index (χ1) is 12.2. The van der Waals surface area contributed by atoms with Gasteiger partial charge < -0.3 is 5.11 Å². The number of carbonyl (C=O) groups is 2. The molecule has 4 atom stereocenters. The topological polar surface area (TPSA) is 60.9 Å². The number of amides is 2. The van der Waals surface area contributed by atoms with Crippen molar-refractivity contribution >= 4 is 17.5 Å². The summed E-state index contributed by atoms with van der Waals surface area (Å²) in [5, 5.41) is 13.0. The SMILES string of the molecule is C=C(C(=O)N1[C@@H]2C[C@H]3CC[C@]2(C(=O)N1c1ccccc1)C3(C)C)[C@H](C)O. The lowest BCUT2D eigenvalue weighted by Gasteiger charge is -2.35. The highest BCUT2D eigenvalue weighted by Crippen LogP contribution is 2.70. The first kappa shape index (κ1) is 17.3. The van der Waals surface area contributed by atoms with E-state index in [1.807, 2.05) is 30.3 Å². The number of aliphatic hydroxyl groups is 1. The zero-order chi connectivity index (χ0) is 18.9. The molecule has 2 saturated carbocycles. The lowest BCUT2D eigenvalue weighted by atomic mass is 9.67. The number of para-hydroxylation sites is 1. The molecule has 1 aliphatic heterocycles. The third-order valence-corrected chi connectivity index (χ3v) is 7.21. The van der Waals surface area contributed by atoms with Crippen LogP contribution in [0.15, 0.2) is 42.5 Å². The molecule has 1 aromatic rings. The predicted molar refractivity (Wildman–Crippen MR) is 98.9 cm³/mol. The van der Waals surface area contributed by atoms with E-state index in [1.54, 1.807) is 10.0 Å². The predicted octanol–water partition coefficient (Wildman–Crippen LogP) is 2.91. The summed E-state index contributed by atoms with van der Waals surface area (Å²) in [6.45, 7) is 9.66. The number of fused-ring (bicyclic) bond motifs is 1. The molecule has 0 aromatic heterocycles. The van der Waals surface area contributed by atoms with Gasteiger partial charge in [0.15, 0.2) is 0 Å². The molecular formula is C21H26N2O3. The van der Waals surface area contributed by atoms with Crippen molar-refractivity contribution in [3.63, 3.8) is 0 Å². The van der Waals surface area contributed by atoms with Crippen molar-refractivity contribution < 1.29 is 14.7 Å². The van der Waals surface area contributed by atoms with Crippen molar-refractivity contribution in [3.8, 4) is 0 Å². The van der Waals surface area contributed by atoms with Gasteiger partial charge in [-0.15, -0.1) is 0 Å². The molecule has 1 aromatic carbocycles. The zero-order valence-corrected chi connectivity index (χ0v) is 15.6. The summed E-state index contributed by atoms with van der Waals surface area (Å²) < 4.78 is 0. The van der Waals surface area contributed by atoms with E-state index in [0.29, 0.717) is 11.6 Å². The quantitative estimate of drug-likeness (QED) is 0.849. The van der Waals surface area contributed by atoms with Crippen LogP contribution >= 0.6 is 0 Å². The van der Waals surface area contributed by atoms with Crippen molar-refractivity contribution in [2.75, 3.05) is 5.01 Å². The second-order valence-electron chi connectivity index (χ2n) is 8.48. The fourth-order valence-corrected chi connectivity index (χ4v) is 5.56. The van der Waals surface area contributed by atoms with Crippen molar-refractivity contribution in [3.05, 3.63) is 42.5 Å². The Morgan fingerprint density at radius 3 is 2.54 bits per heavy atom. The molecule has 3 aliphatic rings. The number of carbonyl (C=O) groups excluding carboxylic acids is 2. The molecule has 5 nitrogen and oxygen atoms in total. The van der Waals surface area contributed by atoms with Crippen LogP contribution in [0, 0.1) is 16.7 Å². The van der Waals surface area contributed by atoms with Crippen LogP contribution < -0.4 is 5.01 Å². The van der Waals surface area contributed by atoms with Gasteiger partial charge >= 0.3 is 0 Å². The van der Waals surface area contributed by atoms with E-state index in [4.69, 9.17) is 0 Å². The molecule has 4 rings (SSSR count). The molecule has 1 spiro atoms. The van der Waals surface area contributed by atoms with Crippen molar-refractivity contribution in [1.29, 1.82) is 0 Å². The third-order valence-electron chi connectivity index (χ3n) is 7.21. The van der Waals surface area contributed by atoms with Gasteiger partial charge in [0, 0.05) is 5.57 Å². The fourth-order valence-electron chi connectivity index (χ4n) is 5.56. The van der Waals surface area contributed by atoms with Gasteiger partial charge in [-0.2, -0.15) is 0 Å². The number of hydrogen-bond donors (Lipinski definition) is 1. The van der Waals surface area contributed by atoms with E-state index in [9.17, 15) is 14.7 Å². The van der Waals surface area contributed by atoms with Crippen molar-refractivity contribution in [1.82, 2.24) is 5.01 Å². The van der Waals surface area contributed by atoms with Crippen molar-refractivity contribution in [2.45, 2.75) is 52.2 Å². The molecule has 2 aliphatic carbocycles. The first-order valence-corrected chi connectivity index (χ1v) is 9.33. The van der Waals surface area contributed by atoms with Gasteiger partial charge in [0.1, 0.15) is 0 Å². The van der Waals surface area contributed by atoms with Gasteiger partial charge in [-0.05, 0) is 49.7 Å². The molecular weight excluding hydrogens is 328 g/mol. The van der Waals surface area contributed by atoms with Crippen LogP contribution in [0.5, 0.6) is 0 Å². The van der Waals surface area contributed by atoms with Crippen LogP contribution in [0.25, 0.3) is 0 Å². The number of anilines is 1. The summed E-state index contributed by atoms with van der Waals surface area (Å²) in [7, 11) is 0. The Hall–Kier alpha value is -2.14. The maximum atomic E-state index is 13.7. The molecule has 1 saturated heterocycles. The minimum absolute atomic E-state index is 0.00504. The summed E-state index contributed by atoms with van der Waals surface area (Å²) in [4.78, 5) is 26.9. The summed E-state index contributed by atoms with van der Waals surface area (Å²) in [5.74, 6) is 0.0809. The maximum absolute atomic E-state index is 13.7. The van der Waals surface area contributed by atoms with Crippen LogP contribution in [0.1, 0.15) is 40.0 Å². The lowest BCUT2D eigenvalue weighted by Crippen LogP contribution is -2.49. The highest BCUT2D eigenvalue weighted by Gasteiger charge is 2.75. The number of nitrogens with zero attached hydrogens (tertiary/aromatic N) is 2. The molecule has 3 fully saturated rings. The lowest BCUT2D eigenvalue weighted by molar-refractivity contribution is -0.132. The van der Waals surface area contributed by atoms with Gasteiger partial charge in [-0.25, -0.2) is 10.0 Å². The van der Waals surface area contributed by atoms with E-state index in [2.05, 4.69) is 20.4 Å². The minimum atomic E-state index is -0.946. The Balaban J connectivity index is 1.86. The molecule has 1 N–H and O–H groups in total.